The van der Waals surface area contributed by atoms with Crippen LogP contribution in [0.3, 0.4) is 0 Å². The second-order valence-electron chi connectivity index (χ2n) is 4.56. The molecule has 3 nitrogen and oxygen atoms in total. The summed E-state index contributed by atoms with van der Waals surface area (Å²) < 4.78 is 1.41. The van der Waals surface area contributed by atoms with E-state index in [2.05, 4.69) is 47.9 Å². The van der Waals surface area contributed by atoms with Crippen LogP contribution >= 0.6 is 31.9 Å². The number of benzene rings is 2. The van der Waals surface area contributed by atoms with Gasteiger partial charge in [0.1, 0.15) is 11.0 Å². The molecule has 5 heteroatoms. The topological polar surface area (TPSA) is 46.0 Å². The number of fused-ring (bicyclic) bond motifs is 2. The first-order valence-electron chi connectivity index (χ1n) is 5.73. The van der Waals surface area contributed by atoms with E-state index in [9.17, 15) is 5.11 Å². The molecule has 0 saturated carbocycles. The standard InChI is InChI=1S/C14H10Br2N2O/c1-6-3-7(2)11-10(4-6)17-13-12(18-11)8(15)5-9(16)14(13)19/h3-5,19H,1-2H3. The summed E-state index contributed by atoms with van der Waals surface area (Å²) in [6, 6.07) is 5.83. The van der Waals surface area contributed by atoms with Gasteiger partial charge in [-0.3, -0.25) is 0 Å². The van der Waals surface area contributed by atoms with E-state index in [4.69, 9.17) is 0 Å². The van der Waals surface area contributed by atoms with Gasteiger partial charge in [-0.2, -0.15) is 0 Å². The number of hydrogen-bond donors (Lipinski definition) is 1. The fraction of sp³-hybridized carbons (Fsp3) is 0.143. The van der Waals surface area contributed by atoms with Crippen molar-refractivity contribution in [3.8, 4) is 5.75 Å². The van der Waals surface area contributed by atoms with Crippen molar-refractivity contribution in [1.29, 1.82) is 0 Å². The monoisotopic (exact) mass is 380 g/mol. The first kappa shape index (κ1) is 12.8. The van der Waals surface area contributed by atoms with Gasteiger partial charge >= 0.3 is 0 Å². The predicted octanol–water partition coefficient (Wildman–Crippen LogP) is 4.63. The molecule has 19 heavy (non-hydrogen) atoms. The molecule has 1 aromatic heterocycles. The van der Waals surface area contributed by atoms with Crippen molar-refractivity contribution < 1.29 is 5.11 Å². The molecule has 96 valence electrons. The summed E-state index contributed by atoms with van der Waals surface area (Å²) in [5, 5.41) is 10.1. The van der Waals surface area contributed by atoms with Crippen molar-refractivity contribution in [2.24, 2.45) is 0 Å². The largest absolute Gasteiger partial charge is 0.504 e. The zero-order valence-electron chi connectivity index (χ0n) is 10.3. The van der Waals surface area contributed by atoms with Crippen LogP contribution < -0.4 is 0 Å². The summed E-state index contributed by atoms with van der Waals surface area (Å²) in [7, 11) is 0. The smallest absolute Gasteiger partial charge is 0.157 e. The Morgan fingerprint density at radius 2 is 1.63 bits per heavy atom. The van der Waals surface area contributed by atoms with Crippen LogP contribution in [0.2, 0.25) is 0 Å². The molecular formula is C14H10Br2N2O. The molecule has 3 aromatic rings. The third-order valence-electron chi connectivity index (χ3n) is 3.04. The van der Waals surface area contributed by atoms with Crippen molar-refractivity contribution in [3.05, 3.63) is 38.3 Å². The van der Waals surface area contributed by atoms with E-state index in [1.807, 2.05) is 19.9 Å². The highest BCUT2D eigenvalue weighted by Crippen LogP contribution is 2.36. The van der Waals surface area contributed by atoms with Gasteiger partial charge in [-0.15, -0.1) is 0 Å². The average molecular weight is 382 g/mol. The van der Waals surface area contributed by atoms with Gasteiger partial charge in [0.2, 0.25) is 0 Å². The molecule has 0 aliphatic rings. The molecule has 0 amide bonds. The van der Waals surface area contributed by atoms with Crippen LogP contribution in [-0.2, 0) is 0 Å². The van der Waals surface area contributed by atoms with Gasteiger partial charge in [0.25, 0.3) is 0 Å². The second-order valence-corrected chi connectivity index (χ2v) is 6.27. The molecule has 2 aromatic carbocycles. The number of phenolic OH excluding ortho intramolecular Hbond substituents is 1. The second kappa shape index (κ2) is 4.42. The predicted molar refractivity (Wildman–Crippen MR) is 83.6 cm³/mol. The van der Waals surface area contributed by atoms with Crippen molar-refractivity contribution in [1.82, 2.24) is 9.97 Å². The molecule has 1 heterocycles. The number of aromatic hydroxyl groups is 1. The molecule has 0 atom stereocenters. The zero-order valence-corrected chi connectivity index (χ0v) is 13.5. The SMILES string of the molecule is Cc1cc(C)c2nc3c(Br)cc(Br)c(O)c3nc2c1. The number of nitrogens with zero attached hydrogens (tertiary/aromatic N) is 2. The minimum atomic E-state index is 0.117. The molecule has 0 fully saturated rings. The average Bonchev–Trinajstić information content (AvgIpc) is 2.34. The lowest BCUT2D eigenvalue weighted by Gasteiger charge is -2.08. The highest BCUT2D eigenvalue weighted by atomic mass is 79.9. The van der Waals surface area contributed by atoms with Gasteiger partial charge in [-0.1, -0.05) is 6.07 Å². The maximum atomic E-state index is 10.1. The van der Waals surface area contributed by atoms with E-state index in [-0.39, 0.29) is 5.75 Å². The summed E-state index contributed by atoms with van der Waals surface area (Å²) in [5.41, 5.74) is 5.04. The molecule has 0 saturated heterocycles. The molecular weight excluding hydrogens is 372 g/mol. The van der Waals surface area contributed by atoms with Crippen LogP contribution in [0.15, 0.2) is 27.1 Å². The molecule has 3 rings (SSSR count). The minimum Gasteiger partial charge on any atom is -0.504 e. The Morgan fingerprint density at radius 1 is 0.895 bits per heavy atom. The van der Waals surface area contributed by atoms with E-state index in [0.717, 1.165) is 26.6 Å². The van der Waals surface area contributed by atoms with Crippen molar-refractivity contribution >= 4 is 53.9 Å². The van der Waals surface area contributed by atoms with E-state index in [0.29, 0.717) is 15.5 Å². The highest BCUT2D eigenvalue weighted by Gasteiger charge is 2.13. The summed E-state index contributed by atoms with van der Waals surface area (Å²) in [4.78, 5) is 9.18. The Balaban J connectivity index is 2.56. The van der Waals surface area contributed by atoms with Crippen LogP contribution in [0.1, 0.15) is 11.1 Å². The Morgan fingerprint density at radius 3 is 2.37 bits per heavy atom. The lowest BCUT2D eigenvalue weighted by Crippen LogP contribution is -1.93. The third kappa shape index (κ3) is 2.01. The normalized spacial score (nSPS) is 11.4. The number of aryl methyl sites for hydroxylation is 2. The van der Waals surface area contributed by atoms with Crippen LogP contribution in [0.5, 0.6) is 5.75 Å². The van der Waals surface area contributed by atoms with E-state index in [1.54, 1.807) is 6.07 Å². The lowest BCUT2D eigenvalue weighted by molar-refractivity contribution is 0.477. The molecule has 0 aliphatic carbocycles. The molecule has 1 N–H and O–H groups in total. The Kier molecular flexibility index (Phi) is 2.98. The van der Waals surface area contributed by atoms with Crippen LogP contribution in [0, 0.1) is 13.8 Å². The molecule has 0 radical (unpaired) electrons. The quantitative estimate of drug-likeness (QED) is 0.577. The van der Waals surface area contributed by atoms with Crippen molar-refractivity contribution in [3.63, 3.8) is 0 Å². The van der Waals surface area contributed by atoms with Crippen LogP contribution in [0.25, 0.3) is 22.1 Å². The Hall–Kier alpha value is -1.20. The minimum absolute atomic E-state index is 0.117. The fourth-order valence-corrected chi connectivity index (χ4v) is 3.43. The molecule has 0 bridgehead atoms. The number of hydrogen-bond acceptors (Lipinski definition) is 3. The third-order valence-corrected chi connectivity index (χ3v) is 4.24. The number of rotatable bonds is 0. The van der Waals surface area contributed by atoms with Crippen LogP contribution in [0.4, 0.5) is 0 Å². The Bertz CT molecular complexity index is 831. The van der Waals surface area contributed by atoms with E-state index >= 15 is 0 Å². The van der Waals surface area contributed by atoms with Gasteiger partial charge in [0.15, 0.2) is 5.75 Å². The molecule has 0 spiro atoms. The summed E-state index contributed by atoms with van der Waals surface area (Å²) in [6.07, 6.45) is 0. The number of phenols is 1. The summed E-state index contributed by atoms with van der Waals surface area (Å²) in [6.45, 7) is 4.04. The lowest BCUT2D eigenvalue weighted by atomic mass is 10.1. The van der Waals surface area contributed by atoms with Crippen molar-refractivity contribution in [2.75, 3.05) is 0 Å². The maximum Gasteiger partial charge on any atom is 0.157 e. The van der Waals surface area contributed by atoms with Gasteiger partial charge in [0, 0.05) is 4.47 Å². The van der Waals surface area contributed by atoms with Crippen molar-refractivity contribution in [2.45, 2.75) is 13.8 Å². The van der Waals surface area contributed by atoms with Gasteiger partial charge in [-0.25, -0.2) is 9.97 Å². The first-order valence-corrected chi connectivity index (χ1v) is 7.31. The number of halogens is 2. The first-order chi connectivity index (χ1) is 8.97. The van der Waals surface area contributed by atoms with Gasteiger partial charge < -0.3 is 5.11 Å². The maximum absolute atomic E-state index is 10.1. The molecule has 0 aliphatic heterocycles. The van der Waals surface area contributed by atoms with E-state index in [1.165, 1.54) is 0 Å². The molecule has 0 unspecified atom stereocenters. The zero-order chi connectivity index (χ0) is 13.7. The van der Waals surface area contributed by atoms with E-state index < -0.39 is 0 Å². The van der Waals surface area contributed by atoms with Crippen LogP contribution in [-0.4, -0.2) is 15.1 Å². The Labute approximate surface area is 126 Å². The fourth-order valence-electron chi connectivity index (χ4n) is 2.20. The van der Waals surface area contributed by atoms with Gasteiger partial charge in [0.05, 0.1) is 15.5 Å². The van der Waals surface area contributed by atoms with Gasteiger partial charge in [-0.05, 0) is 69.0 Å². The highest BCUT2D eigenvalue weighted by molar-refractivity contribution is 9.11. The summed E-state index contributed by atoms with van der Waals surface area (Å²) >= 11 is 6.78. The summed E-state index contributed by atoms with van der Waals surface area (Å²) in [5.74, 6) is 0.117. The number of aromatic nitrogens is 2.